The molecule has 2 saturated heterocycles. The van der Waals surface area contributed by atoms with Gasteiger partial charge in [0.1, 0.15) is 0 Å². The number of ether oxygens (including phenoxy) is 1. The summed E-state index contributed by atoms with van der Waals surface area (Å²) in [5.41, 5.74) is 0.295. The van der Waals surface area contributed by atoms with E-state index in [2.05, 4.69) is 5.32 Å². The number of nitrogens with one attached hydrogen (secondary N) is 1. The minimum absolute atomic E-state index is 0.295. The largest absolute Gasteiger partial charge is 0.375 e. The standard InChI is InChI=1S/C9H17NO/c1-3-9(4-2-8-11-9)5-7-10-6-1/h10H,1-8H2/t9-/m1/s1. The summed E-state index contributed by atoms with van der Waals surface area (Å²) in [4.78, 5) is 0. The summed E-state index contributed by atoms with van der Waals surface area (Å²) in [5.74, 6) is 0. The topological polar surface area (TPSA) is 21.3 Å². The van der Waals surface area contributed by atoms with Crippen LogP contribution in [0.25, 0.3) is 0 Å². The molecule has 1 atom stereocenters. The molecule has 0 saturated carbocycles. The molecule has 0 aromatic heterocycles. The smallest absolute Gasteiger partial charge is 0.0696 e. The van der Waals surface area contributed by atoms with Gasteiger partial charge in [0.15, 0.2) is 0 Å². The summed E-state index contributed by atoms with van der Waals surface area (Å²) in [5, 5.41) is 3.42. The highest BCUT2D eigenvalue weighted by atomic mass is 16.5. The monoisotopic (exact) mass is 155 g/mol. The molecule has 2 aliphatic rings. The molecule has 2 heteroatoms. The quantitative estimate of drug-likeness (QED) is 0.569. The summed E-state index contributed by atoms with van der Waals surface area (Å²) < 4.78 is 5.82. The van der Waals surface area contributed by atoms with Crippen LogP contribution in [0.2, 0.25) is 0 Å². The van der Waals surface area contributed by atoms with Crippen molar-refractivity contribution in [1.29, 1.82) is 0 Å². The first-order valence-corrected chi connectivity index (χ1v) is 4.76. The first kappa shape index (κ1) is 7.56. The van der Waals surface area contributed by atoms with Crippen LogP contribution in [0.4, 0.5) is 0 Å². The number of rotatable bonds is 0. The number of hydrogen-bond acceptors (Lipinski definition) is 2. The van der Waals surface area contributed by atoms with Gasteiger partial charge >= 0.3 is 0 Å². The van der Waals surface area contributed by atoms with Gasteiger partial charge in [-0.15, -0.1) is 0 Å². The third-order valence-corrected chi connectivity index (χ3v) is 2.93. The molecule has 2 nitrogen and oxygen atoms in total. The summed E-state index contributed by atoms with van der Waals surface area (Å²) in [6, 6.07) is 0. The maximum Gasteiger partial charge on any atom is 0.0696 e. The Balaban J connectivity index is 1.97. The van der Waals surface area contributed by atoms with Crippen molar-refractivity contribution < 1.29 is 4.74 Å². The zero-order chi connectivity index (χ0) is 7.57. The van der Waals surface area contributed by atoms with E-state index >= 15 is 0 Å². The van der Waals surface area contributed by atoms with Crippen LogP contribution in [-0.2, 0) is 4.74 Å². The summed E-state index contributed by atoms with van der Waals surface area (Å²) >= 11 is 0. The third-order valence-electron chi connectivity index (χ3n) is 2.93. The van der Waals surface area contributed by atoms with E-state index in [4.69, 9.17) is 4.74 Å². The normalized spacial score (nSPS) is 39.3. The molecule has 0 aromatic rings. The fraction of sp³-hybridized carbons (Fsp3) is 1.00. The minimum atomic E-state index is 0.295. The zero-order valence-electron chi connectivity index (χ0n) is 7.07. The minimum Gasteiger partial charge on any atom is -0.375 e. The van der Waals surface area contributed by atoms with Gasteiger partial charge in [0.25, 0.3) is 0 Å². The van der Waals surface area contributed by atoms with E-state index in [1.807, 2.05) is 0 Å². The molecule has 2 fully saturated rings. The summed E-state index contributed by atoms with van der Waals surface area (Å²) in [6.07, 6.45) is 6.38. The lowest BCUT2D eigenvalue weighted by Gasteiger charge is -2.25. The molecule has 2 rings (SSSR count). The van der Waals surface area contributed by atoms with Gasteiger partial charge in [-0.3, -0.25) is 0 Å². The van der Waals surface area contributed by atoms with Gasteiger partial charge in [0, 0.05) is 6.61 Å². The van der Waals surface area contributed by atoms with Gasteiger partial charge < -0.3 is 10.1 Å². The van der Waals surface area contributed by atoms with Crippen LogP contribution < -0.4 is 5.32 Å². The van der Waals surface area contributed by atoms with Crippen molar-refractivity contribution in [2.75, 3.05) is 19.7 Å². The second-order valence-electron chi connectivity index (χ2n) is 3.74. The van der Waals surface area contributed by atoms with E-state index < -0.39 is 0 Å². The van der Waals surface area contributed by atoms with Gasteiger partial charge in [-0.05, 0) is 45.2 Å². The molecular weight excluding hydrogens is 138 g/mol. The molecule has 0 amide bonds. The maximum absolute atomic E-state index is 5.82. The van der Waals surface area contributed by atoms with Crippen LogP contribution in [0.3, 0.4) is 0 Å². The zero-order valence-corrected chi connectivity index (χ0v) is 7.07. The van der Waals surface area contributed by atoms with E-state index in [9.17, 15) is 0 Å². The van der Waals surface area contributed by atoms with Gasteiger partial charge in [-0.25, -0.2) is 0 Å². The molecule has 1 spiro atoms. The Morgan fingerprint density at radius 1 is 1.00 bits per heavy atom. The lowest BCUT2D eigenvalue weighted by atomic mass is 9.92. The molecule has 2 heterocycles. The van der Waals surface area contributed by atoms with Crippen LogP contribution in [0.15, 0.2) is 0 Å². The first-order chi connectivity index (χ1) is 5.41. The second kappa shape index (κ2) is 3.11. The van der Waals surface area contributed by atoms with E-state index in [1.54, 1.807) is 0 Å². The Kier molecular flexibility index (Phi) is 2.14. The van der Waals surface area contributed by atoms with Crippen LogP contribution >= 0.6 is 0 Å². The van der Waals surface area contributed by atoms with Crippen molar-refractivity contribution in [2.45, 2.75) is 37.7 Å². The predicted octanol–water partition coefficient (Wildman–Crippen LogP) is 1.31. The fourth-order valence-electron chi connectivity index (χ4n) is 2.25. The summed E-state index contributed by atoms with van der Waals surface area (Å²) in [6.45, 7) is 3.34. The van der Waals surface area contributed by atoms with Crippen molar-refractivity contribution in [1.82, 2.24) is 5.32 Å². The molecular formula is C9H17NO. The Hall–Kier alpha value is -0.0800. The molecule has 0 radical (unpaired) electrons. The van der Waals surface area contributed by atoms with E-state index in [1.165, 1.54) is 38.6 Å². The van der Waals surface area contributed by atoms with Crippen molar-refractivity contribution in [3.8, 4) is 0 Å². The SMILES string of the molecule is C1CNCC[C@@]2(C1)CCCO2. The van der Waals surface area contributed by atoms with E-state index in [0.717, 1.165) is 13.2 Å². The Morgan fingerprint density at radius 2 is 1.91 bits per heavy atom. The fourth-order valence-corrected chi connectivity index (χ4v) is 2.25. The van der Waals surface area contributed by atoms with Crippen LogP contribution in [0.5, 0.6) is 0 Å². The maximum atomic E-state index is 5.82. The number of hydrogen-bond donors (Lipinski definition) is 1. The van der Waals surface area contributed by atoms with Gasteiger partial charge in [-0.1, -0.05) is 0 Å². The molecule has 0 aliphatic carbocycles. The van der Waals surface area contributed by atoms with Crippen molar-refractivity contribution in [3.05, 3.63) is 0 Å². The lowest BCUT2D eigenvalue weighted by Crippen LogP contribution is -2.28. The average molecular weight is 155 g/mol. The van der Waals surface area contributed by atoms with E-state index in [-0.39, 0.29) is 0 Å². The van der Waals surface area contributed by atoms with Gasteiger partial charge in [-0.2, -0.15) is 0 Å². The second-order valence-corrected chi connectivity index (χ2v) is 3.74. The Labute approximate surface area is 68.3 Å². The highest BCUT2D eigenvalue weighted by molar-refractivity contribution is 4.87. The molecule has 64 valence electrons. The molecule has 0 bridgehead atoms. The molecule has 0 aromatic carbocycles. The van der Waals surface area contributed by atoms with Gasteiger partial charge in [0.2, 0.25) is 0 Å². The summed E-state index contributed by atoms with van der Waals surface area (Å²) in [7, 11) is 0. The predicted molar refractivity (Wildman–Crippen MR) is 44.6 cm³/mol. The highest BCUT2D eigenvalue weighted by Crippen LogP contribution is 2.33. The average Bonchev–Trinajstić information content (AvgIpc) is 2.32. The van der Waals surface area contributed by atoms with Crippen molar-refractivity contribution in [2.24, 2.45) is 0 Å². The Morgan fingerprint density at radius 3 is 2.73 bits per heavy atom. The third kappa shape index (κ3) is 1.57. The van der Waals surface area contributed by atoms with Crippen LogP contribution in [0.1, 0.15) is 32.1 Å². The first-order valence-electron chi connectivity index (χ1n) is 4.76. The molecule has 11 heavy (non-hydrogen) atoms. The molecule has 0 unspecified atom stereocenters. The lowest BCUT2D eigenvalue weighted by molar-refractivity contribution is -0.00522. The van der Waals surface area contributed by atoms with E-state index in [0.29, 0.717) is 5.60 Å². The van der Waals surface area contributed by atoms with Gasteiger partial charge in [0.05, 0.1) is 5.60 Å². The Bertz CT molecular complexity index is 120. The van der Waals surface area contributed by atoms with Crippen molar-refractivity contribution >= 4 is 0 Å². The van der Waals surface area contributed by atoms with Crippen LogP contribution in [0, 0.1) is 0 Å². The molecule has 2 aliphatic heterocycles. The van der Waals surface area contributed by atoms with Crippen molar-refractivity contribution in [3.63, 3.8) is 0 Å². The molecule has 1 N–H and O–H groups in total. The highest BCUT2D eigenvalue weighted by Gasteiger charge is 2.34. The van der Waals surface area contributed by atoms with Crippen LogP contribution in [-0.4, -0.2) is 25.3 Å².